The Morgan fingerprint density at radius 3 is 2.00 bits per heavy atom. The van der Waals surface area contributed by atoms with Crippen molar-refractivity contribution < 1.29 is 0 Å². The van der Waals surface area contributed by atoms with Crippen molar-refractivity contribution in [1.29, 1.82) is 0 Å². The number of hydrogen-bond donors (Lipinski definition) is 0. The molecule has 0 N–H and O–H groups in total. The SMILES string of the molecule is CCP(C)#P. The molecule has 1 unspecified atom stereocenters. The van der Waals surface area contributed by atoms with Gasteiger partial charge in [0, 0.05) is 0 Å². The summed E-state index contributed by atoms with van der Waals surface area (Å²) >= 11 is 0. The van der Waals surface area contributed by atoms with Crippen LogP contribution in [0.4, 0.5) is 0 Å². The minimum absolute atomic E-state index is 0.0962. The van der Waals surface area contributed by atoms with Gasteiger partial charge < -0.3 is 0 Å². The topological polar surface area (TPSA) is 0 Å². The predicted octanol–water partition coefficient (Wildman–Crippen LogP) is 2.44. The molecule has 0 amide bonds. The molecule has 0 heterocycles. The quantitative estimate of drug-likeness (QED) is 0.416. The van der Waals surface area contributed by atoms with Crippen molar-refractivity contribution in [3.05, 3.63) is 0 Å². The second-order valence-electron chi connectivity index (χ2n) is 0.974. The Kier molecular flexibility index (Phi) is 3.37. The molecule has 0 aliphatic carbocycles. The summed E-state index contributed by atoms with van der Waals surface area (Å²) < 4.78 is 0. The van der Waals surface area contributed by atoms with E-state index in [0.717, 1.165) is 0 Å². The summed E-state index contributed by atoms with van der Waals surface area (Å²) in [5.41, 5.74) is 0. The van der Waals surface area contributed by atoms with Gasteiger partial charge in [0.2, 0.25) is 0 Å². The van der Waals surface area contributed by atoms with Crippen LogP contribution in [0.1, 0.15) is 6.92 Å². The Labute approximate surface area is 36.0 Å². The molecule has 0 aromatic heterocycles. The Hall–Kier alpha value is 0.730. The summed E-state index contributed by atoms with van der Waals surface area (Å²) in [4.78, 5) is 0. The summed E-state index contributed by atoms with van der Waals surface area (Å²) in [5.74, 6) is 0. The molecule has 0 spiro atoms. The summed E-state index contributed by atoms with van der Waals surface area (Å²) in [6.07, 6.45) is 1.23. The molecule has 0 rings (SSSR count). The van der Waals surface area contributed by atoms with Crippen LogP contribution in [0.2, 0.25) is 0 Å². The third kappa shape index (κ3) is 4.73. The zero-order valence-corrected chi connectivity index (χ0v) is 5.39. The monoisotopic (exact) mass is 106 g/mol. The predicted molar refractivity (Wildman–Crippen MR) is 30.3 cm³/mol. The van der Waals surface area contributed by atoms with E-state index in [1.165, 1.54) is 6.16 Å². The average molecular weight is 106 g/mol. The van der Waals surface area contributed by atoms with Crippen LogP contribution in [-0.4, -0.2) is 12.8 Å². The van der Waals surface area contributed by atoms with E-state index in [2.05, 4.69) is 21.9 Å². The van der Waals surface area contributed by atoms with Gasteiger partial charge in [0.1, 0.15) is 0 Å². The first-order valence-corrected chi connectivity index (χ1v) is 4.80. The maximum atomic E-state index is 4.16. The third-order valence-corrected chi connectivity index (χ3v) is 2.22. The molecule has 0 bridgehead atoms. The molecule has 0 aromatic rings. The molecule has 0 fully saturated rings. The normalized spacial score (nSPS) is 11.0. The van der Waals surface area contributed by atoms with E-state index < -0.39 is 0 Å². The average Bonchev–Trinajstić information content (AvgIpc) is 1.38. The van der Waals surface area contributed by atoms with Crippen molar-refractivity contribution in [3.8, 4) is 0 Å². The molecule has 5 heavy (non-hydrogen) atoms. The fourth-order valence-electron chi connectivity index (χ4n) is 0. The van der Waals surface area contributed by atoms with Gasteiger partial charge in [0.25, 0.3) is 0 Å². The Bertz CT molecular complexity index is 66.7. The molecule has 30 valence electrons. The van der Waals surface area contributed by atoms with Crippen molar-refractivity contribution in [2.75, 3.05) is 12.8 Å². The van der Waals surface area contributed by atoms with Gasteiger partial charge in [-0.3, -0.25) is 0 Å². The van der Waals surface area contributed by atoms with E-state index in [0.29, 0.717) is 0 Å². The van der Waals surface area contributed by atoms with Crippen molar-refractivity contribution in [1.82, 2.24) is 0 Å². The van der Waals surface area contributed by atoms with E-state index in [9.17, 15) is 0 Å². The van der Waals surface area contributed by atoms with Crippen LogP contribution in [0, 0.1) is 0 Å². The molecule has 0 nitrogen and oxygen atoms in total. The molecule has 0 saturated heterocycles. The first-order chi connectivity index (χ1) is 2.27. The van der Waals surface area contributed by atoms with Gasteiger partial charge in [-0.2, -0.15) is 0 Å². The summed E-state index contributed by atoms with van der Waals surface area (Å²) in [5, 5.41) is 0. The van der Waals surface area contributed by atoms with Crippen molar-refractivity contribution in [3.63, 3.8) is 0 Å². The van der Waals surface area contributed by atoms with E-state index in [-0.39, 0.29) is 7.02 Å². The Morgan fingerprint density at radius 1 is 1.80 bits per heavy atom. The van der Waals surface area contributed by atoms with Crippen LogP contribution in [0.3, 0.4) is 0 Å². The van der Waals surface area contributed by atoms with Crippen LogP contribution < -0.4 is 0 Å². The van der Waals surface area contributed by atoms with E-state index in [1.807, 2.05) is 0 Å². The van der Waals surface area contributed by atoms with Gasteiger partial charge in [0.15, 0.2) is 0 Å². The Balaban J connectivity index is 2.97. The van der Waals surface area contributed by atoms with Crippen LogP contribution in [0.25, 0.3) is 0 Å². The molecule has 0 aromatic carbocycles. The van der Waals surface area contributed by atoms with Gasteiger partial charge in [-0.15, -0.1) is 0 Å². The van der Waals surface area contributed by atoms with Gasteiger partial charge in [0.05, 0.1) is 0 Å². The maximum absolute atomic E-state index is 4.16. The first-order valence-electron chi connectivity index (χ1n) is 1.67. The number of hydrogen-bond acceptors (Lipinski definition) is 0. The summed E-state index contributed by atoms with van der Waals surface area (Å²) in [6, 6.07) is 0. The molecule has 0 aliphatic rings. The van der Waals surface area contributed by atoms with Gasteiger partial charge in [-0.05, 0) is 0 Å². The molecule has 0 aliphatic heterocycles. The van der Waals surface area contributed by atoms with Gasteiger partial charge in [-0.1, -0.05) is 0 Å². The number of rotatable bonds is 0. The molecular formula is C3H8P2. The van der Waals surface area contributed by atoms with Crippen LogP contribution in [0.15, 0.2) is 0 Å². The molecule has 1 atom stereocenters. The van der Waals surface area contributed by atoms with Crippen molar-refractivity contribution in [2.45, 2.75) is 6.92 Å². The molecular weight excluding hydrogens is 98.0 g/mol. The van der Waals surface area contributed by atoms with Crippen LogP contribution in [0.5, 0.6) is 0 Å². The van der Waals surface area contributed by atoms with Gasteiger partial charge in [-0.25, -0.2) is 0 Å². The molecule has 2 heteroatoms. The minimum atomic E-state index is 0.0962. The fraction of sp³-hybridized carbons (Fsp3) is 1.00. The summed E-state index contributed by atoms with van der Waals surface area (Å²) in [6.45, 7) is 4.30. The second-order valence-corrected chi connectivity index (χ2v) is 4.97. The zero-order valence-electron chi connectivity index (χ0n) is 3.60. The Morgan fingerprint density at radius 2 is 2.00 bits per heavy atom. The van der Waals surface area contributed by atoms with Gasteiger partial charge >= 0.3 is 35.1 Å². The summed E-state index contributed by atoms with van der Waals surface area (Å²) in [7, 11) is 4.26. The second kappa shape index (κ2) is 2.94. The molecule has 0 saturated carbocycles. The zero-order chi connectivity index (χ0) is 4.28. The fourth-order valence-corrected chi connectivity index (χ4v) is 0. The molecule has 0 radical (unpaired) electrons. The van der Waals surface area contributed by atoms with Crippen molar-refractivity contribution in [2.24, 2.45) is 0 Å². The van der Waals surface area contributed by atoms with Crippen LogP contribution >= 0.6 is 15.4 Å². The van der Waals surface area contributed by atoms with Crippen molar-refractivity contribution >= 4 is 15.4 Å². The van der Waals surface area contributed by atoms with E-state index in [4.69, 9.17) is 0 Å². The standard InChI is InChI=1S/C3H8P2/c1-3-5(2)4/h3H2,1-2H3. The third-order valence-electron chi connectivity index (χ3n) is 0.458. The first kappa shape index (κ1) is 5.73. The van der Waals surface area contributed by atoms with E-state index >= 15 is 0 Å². The van der Waals surface area contributed by atoms with Crippen LogP contribution in [-0.2, 0) is 0 Å². The van der Waals surface area contributed by atoms with E-state index in [1.54, 1.807) is 0 Å².